The van der Waals surface area contributed by atoms with E-state index in [-0.39, 0.29) is 42.6 Å². The molecule has 0 aromatic heterocycles. The standard InChI is InChI=1S/C19H13Cl3FN3O3S/c20-15-6-5-13(30(28,29)26-11-3-1-10(23)2-4-11)9-14(15)19(27)25-12-7-16(21)18(24)17(22)8-12/h1-9,26H,24H2,(H,25,27). The monoisotopic (exact) mass is 487 g/mol. The lowest BCUT2D eigenvalue weighted by atomic mass is 10.2. The van der Waals surface area contributed by atoms with Gasteiger partial charge in [0.05, 0.1) is 31.2 Å². The normalized spacial score (nSPS) is 11.2. The molecular weight excluding hydrogens is 476 g/mol. The van der Waals surface area contributed by atoms with Crippen LogP contribution in [0.1, 0.15) is 10.4 Å². The van der Waals surface area contributed by atoms with E-state index in [2.05, 4.69) is 10.0 Å². The lowest BCUT2D eigenvalue weighted by Gasteiger charge is -2.12. The molecule has 0 atom stereocenters. The summed E-state index contributed by atoms with van der Waals surface area (Å²) in [5.74, 6) is -1.19. The summed E-state index contributed by atoms with van der Waals surface area (Å²) in [6.45, 7) is 0. The van der Waals surface area contributed by atoms with Crippen molar-refractivity contribution in [1.29, 1.82) is 0 Å². The van der Waals surface area contributed by atoms with E-state index < -0.39 is 21.7 Å². The van der Waals surface area contributed by atoms with Crippen molar-refractivity contribution in [3.63, 3.8) is 0 Å². The van der Waals surface area contributed by atoms with Gasteiger partial charge < -0.3 is 11.1 Å². The molecule has 3 rings (SSSR count). The van der Waals surface area contributed by atoms with Crippen LogP contribution < -0.4 is 15.8 Å². The molecule has 30 heavy (non-hydrogen) atoms. The SMILES string of the molecule is Nc1c(Cl)cc(NC(=O)c2cc(S(=O)(=O)Nc3ccc(F)cc3)ccc2Cl)cc1Cl. The third-order valence-corrected chi connectivity index (χ3v) is 6.26. The Morgan fingerprint density at radius 2 is 1.47 bits per heavy atom. The first-order chi connectivity index (χ1) is 14.1. The summed E-state index contributed by atoms with van der Waals surface area (Å²) in [4.78, 5) is 12.4. The lowest BCUT2D eigenvalue weighted by molar-refractivity contribution is 0.102. The number of rotatable bonds is 5. The van der Waals surface area contributed by atoms with Gasteiger partial charge in [-0.15, -0.1) is 0 Å². The molecule has 1 amide bonds. The summed E-state index contributed by atoms with van der Waals surface area (Å²) in [5, 5.41) is 2.85. The Bertz CT molecular complexity index is 1210. The van der Waals surface area contributed by atoms with Crippen LogP contribution in [-0.4, -0.2) is 14.3 Å². The number of amides is 1. The number of nitrogen functional groups attached to an aromatic ring is 1. The average molecular weight is 489 g/mol. The quantitative estimate of drug-likeness (QED) is 0.417. The molecular formula is C19H13Cl3FN3O3S. The van der Waals surface area contributed by atoms with E-state index in [9.17, 15) is 17.6 Å². The van der Waals surface area contributed by atoms with E-state index in [1.54, 1.807) is 0 Å². The zero-order valence-electron chi connectivity index (χ0n) is 14.9. The minimum absolute atomic E-state index is 0.0286. The summed E-state index contributed by atoms with van der Waals surface area (Å²) in [6.07, 6.45) is 0. The minimum Gasteiger partial charge on any atom is -0.396 e. The average Bonchev–Trinajstić information content (AvgIpc) is 2.67. The maximum atomic E-state index is 13.0. The zero-order valence-corrected chi connectivity index (χ0v) is 18.0. The second kappa shape index (κ2) is 8.69. The fourth-order valence-corrected chi connectivity index (χ4v) is 4.21. The molecule has 6 nitrogen and oxygen atoms in total. The zero-order chi connectivity index (χ0) is 22.1. The molecule has 0 saturated heterocycles. The number of hydrogen-bond acceptors (Lipinski definition) is 4. The van der Waals surface area contributed by atoms with E-state index in [1.165, 1.54) is 36.4 Å². The highest BCUT2D eigenvalue weighted by molar-refractivity contribution is 7.92. The molecule has 0 bridgehead atoms. The van der Waals surface area contributed by atoms with Gasteiger partial charge in [0.15, 0.2) is 0 Å². The first kappa shape index (κ1) is 22.2. The molecule has 3 aromatic carbocycles. The maximum absolute atomic E-state index is 13.0. The molecule has 0 unspecified atom stereocenters. The van der Waals surface area contributed by atoms with Gasteiger partial charge in [-0.1, -0.05) is 34.8 Å². The van der Waals surface area contributed by atoms with Crippen LogP contribution in [0.5, 0.6) is 0 Å². The molecule has 11 heteroatoms. The van der Waals surface area contributed by atoms with Crippen molar-refractivity contribution in [3.05, 3.63) is 81.0 Å². The molecule has 0 saturated carbocycles. The summed E-state index contributed by atoms with van der Waals surface area (Å²) >= 11 is 18.0. The predicted molar refractivity (Wildman–Crippen MR) is 117 cm³/mol. The summed E-state index contributed by atoms with van der Waals surface area (Å²) in [6, 6.07) is 11.2. The summed E-state index contributed by atoms with van der Waals surface area (Å²) in [5.41, 5.74) is 6.13. The number of benzene rings is 3. The third-order valence-electron chi connectivity index (χ3n) is 3.93. The molecule has 0 aliphatic heterocycles. The van der Waals surface area contributed by atoms with Crippen LogP contribution in [0.2, 0.25) is 15.1 Å². The molecule has 3 aromatic rings. The Hall–Kier alpha value is -2.52. The van der Waals surface area contributed by atoms with Crippen LogP contribution >= 0.6 is 34.8 Å². The van der Waals surface area contributed by atoms with Crippen molar-refractivity contribution in [2.75, 3.05) is 15.8 Å². The van der Waals surface area contributed by atoms with Crippen molar-refractivity contribution in [1.82, 2.24) is 0 Å². The van der Waals surface area contributed by atoms with E-state index in [0.29, 0.717) is 0 Å². The van der Waals surface area contributed by atoms with Crippen molar-refractivity contribution in [2.24, 2.45) is 0 Å². The van der Waals surface area contributed by atoms with Crippen LogP contribution in [0.25, 0.3) is 0 Å². The second-order valence-corrected chi connectivity index (χ2v) is 8.97. The number of carbonyl (C=O) groups is 1. The Labute approximate surface area is 186 Å². The van der Waals surface area contributed by atoms with E-state index >= 15 is 0 Å². The highest BCUT2D eigenvalue weighted by Gasteiger charge is 2.20. The Balaban J connectivity index is 1.89. The first-order valence-corrected chi connectivity index (χ1v) is 10.8. The molecule has 0 aliphatic carbocycles. The number of hydrogen-bond donors (Lipinski definition) is 3. The lowest BCUT2D eigenvalue weighted by Crippen LogP contribution is -2.16. The van der Waals surface area contributed by atoms with Gasteiger partial charge in [0, 0.05) is 11.4 Å². The van der Waals surface area contributed by atoms with Gasteiger partial charge in [0.2, 0.25) is 0 Å². The number of nitrogens with two attached hydrogens (primary N) is 1. The van der Waals surface area contributed by atoms with Gasteiger partial charge >= 0.3 is 0 Å². The van der Waals surface area contributed by atoms with Gasteiger partial charge in [0.1, 0.15) is 5.82 Å². The maximum Gasteiger partial charge on any atom is 0.261 e. The van der Waals surface area contributed by atoms with E-state index in [1.807, 2.05) is 0 Å². The fraction of sp³-hybridized carbons (Fsp3) is 0. The van der Waals surface area contributed by atoms with Gasteiger partial charge in [-0.3, -0.25) is 9.52 Å². The molecule has 156 valence electrons. The van der Waals surface area contributed by atoms with Crippen molar-refractivity contribution in [3.8, 4) is 0 Å². The molecule has 4 N–H and O–H groups in total. The smallest absolute Gasteiger partial charge is 0.261 e. The fourth-order valence-electron chi connectivity index (χ4n) is 2.43. The van der Waals surface area contributed by atoms with Crippen LogP contribution in [-0.2, 0) is 10.0 Å². The molecule has 0 heterocycles. The van der Waals surface area contributed by atoms with Crippen LogP contribution in [0, 0.1) is 5.82 Å². The van der Waals surface area contributed by atoms with Crippen molar-refractivity contribution < 1.29 is 17.6 Å². The van der Waals surface area contributed by atoms with E-state index in [0.717, 1.165) is 18.2 Å². The van der Waals surface area contributed by atoms with Crippen LogP contribution in [0.15, 0.2) is 59.5 Å². The van der Waals surface area contributed by atoms with Gasteiger partial charge in [-0.25, -0.2) is 12.8 Å². The van der Waals surface area contributed by atoms with Crippen molar-refractivity contribution >= 4 is 67.8 Å². The first-order valence-electron chi connectivity index (χ1n) is 8.20. The largest absolute Gasteiger partial charge is 0.396 e. The van der Waals surface area contributed by atoms with Gasteiger partial charge in [0.25, 0.3) is 15.9 Å². The topological polar surface area (TPSA) is 101 Å². The highest BCUT2D eigenvalue weighted by Crippen LogP contribution is 2.32. The third kappa shape index (κ3) is 4.96. The number of nitrogens with one attached hydrogen (secondary N) is 2. The molecule has 0 radical (unpaired) electrons. The van der Waals surface area contributed by atoms with E-state index in [4.69, 9.17) is 40.5 Å². The molecule has 0 aliphatic rings. The van der Waals surface area contributed by atoms with Gasteiger partial charge in [-0.05, 0) is 54.6 Å². The van der Waals surface area contributed by atoms with Crippen LogP contribution in [0.4, 0.5) is 21.5 Å². The second-order valence-electron chi connectivity index (χ2n) is 6.06. The number of anilines is 3. The molecule has 0 fully saturated rings. The Kier molecular flexibility index (Phi) is 6.42. The Morgan fingerprint density at radius 1 is 0.867 bits per heavy atom. The Morgan fingerprint density at radius 3 is 2.07 bits per heavy atom. The molecule has 0 spiro atoms. The highest BCUT2D eigenvalue weighted by atomic mass is 35.5. The van der Waals surface area contributed by atoms with Crippen LogP contribution in [0.3, 0.4) is 0 Å². The van der Waals surface area contributed by atoms with Gasteiger partial charge in [-0.2, -0.15) is 0 Å². The number of sulfonamides is 1. The number of halogens is 4. The minimum atomic E-state index is -4.06. The summed E-state index contributed by atoms with van der Waals surface area (Å²) in [7, 11) is -4.06. The number of carbonyl (C=O) groups excluding carboxylic acids is 1. The van der Waals surface area contributed by atoms with Crippen molar-refractivity contribution in [2.45, 2.75) is 4.90 Å². The predicted octanol–water partition coefficient (Wildman–Crippen LogP) is 5.42. The summed E-state index contributed by atoms with van der Waals surface area (Å²) < 4.78 is 40.6.